The van der Waals surface area contributed by atoms with Crippen LogP contribution < -0.4 is 9.64 Å². The highest BCUT2D eigenvalue weighted by atomic mass is 32.1. The third-order valence-corrected chi connectivity index (χ3v) is 5.61. The summed E-state index contributed by atoms with van der Waals surface area (Å²) in [5.41, 5.74) is 1.61. The third kappa shape index (κ3) is 3.12. The molecule has 1 aliphatic heterocycles. The summed E-state index contributed by atoms with van der Waals surface area (Å²) in [5, 5.41) is 1.00. The first-order valence-electron chi connectivity index (χ1n) is 8.69. The van der Waals surface area contributed by atoms with Crippen LogP contribution in [0.3, 0.4) is 0 Å². The Morgan fingerprint density at radius 2 is 2.08 bits per heavy atom. The molecule has 0 saturated carbocycles. The zero-order valence-corrected chi connectivity index (χ0v) is 15.7. The number of aromatic nitrogens is 3. The van der Waals surface area contributed by atoms with Gasteiger partial charge in [0.2, 0.25) is 0 Å². The van der Waals surface area contributed by atoms with Crippen molar-refractivity contribution < 1.29 is 9.53 Å². The summed E-state index contributed by atoms with van der Waals surface area (Å²) in [7, 11) is 1.84. The molecule has 0 spiro atoms. The molecule has 3 aromatic rings. The molecule has 0 radical (unpaired) electrons. The summed E-state index contributed by atoms with van der Waals surface area (Å²) < 4.78 is 8.45. The Balaban J connectivity index is 1.45. The quantitative estimate of drug-likeness (QED) is 0.705. The zero-order valence-electron chi connectivity index (χ0n) is 14.9. The summed E-state index contributed by atoms with van der Waals surface area (Å²) in [6.45, 7) is 5.57. The average molecular weight is 371 g/mol. The predicted molar refractivity (Wildman–Crippen MR) is 102 cm³/mol. The Morgan fingerprint density at radius 3 is 2.77 bits per heavy atom. The summed E-state index contributed by atoms with van der Waals surface area (Å²) in [6.07, 6.45) is 3.28. The van der Waals surface area contributed by atoms with E-state index in [0.29, 0.717) is 25.4 Å². The monoisotopic (exact) mass is 371 g/mol. The van der Waals surface area contributed by atoms with E-state index in [-0.39, 0.29) is 5.91 Å². The van der Waals surface area contributed by atoms with E-state index in [1.165, 1.54) is 0 Å². The van der Waals surface area contributed by atoms with Crippen molar-refractivity contribution in [2.24, 2.45) is 7.05 Å². The highest BCUT2D eigenvalue weighted by Gasteiger charge is 2.25. The number of carbonyl (C=O) groups excluding carboxylic acids is 1. The number of imidazole rings is 1. The van der Waals surface area contributed by atoms with Crippen LogP contribution in [0.25, 0.3) is 10.2 Å². The average Bonchev–Trinajstić information content (AvgIpc) is 3.27. The van der Waals surface area contributed by atoms with Gasteiger partial charge in [0, 0.05) is 33.2 Å². The smallest absolute Gasteiger partial charge is 0.272 e. The number of piperazine rings is 1. The topological polar surface area (TPSA) is 63.5 Å². The maximum atomic E-state index is 12.6. The molecule has 1 saturated heterocycles. The van der Waals surface area contributed by atoms with Crippen LogP contribution >= 0.6 is 11.3 Å². The van der Waals surface area contributed by atoms with Gasteiger partial charge in [-0.3, -0.25) is 4.79 Å². The number of nitrogens with zero attached hydrogens (tertiary/aromatic N) is 5. The van der Waals surface area contributed by atoms with E-state index in [1.807, 2.05) is 37.1 Å². The molecule has 26 heavy (non-hydrogen) atoms. The lowest BCUT2D eigenvalue weighted by atomic mass is 10.3. The van der Waals surface area contributed by atoms with Gasteiger partial charge in [-0.1, -0.05) is 11.3 Å². The summed E-state index contributed by atoms with van der Waals surface area (Å²) in [5.74, 6) is 0.914. The first-order chi connectivity index (χ1) is 12.7. The second-order valence-corrected chi connectivity index (χ2v) is 7.24. The number of fused-ring (bicyclic) bond motifs is 1. The van der Waals surface area contributed by atoms with E-state index >= 15 is 0 Å². The molecule has 4 rings (SSSR count). The van der Waals surface area contributed by atoms with Crippen molar-refractivity contribution in [2.75, 3.05) is 37.7 Å². The van der Waals surface area contributed by atoms with Crippen molar-refractivity contribution in [2.45, 2.75) is 6.92 Å². The lowest BCUT2D eigenvalue weighted by Crippen LogP contribution is -2.49. The second-order valence-electron chi connectivity index (χ2n) is 6.23. The molecule has 1 aromatic carbocycles. The minimum absolute atomic E-state index is 0.0373. The van der Waals surface area contributed by atoms with E-state index in [0.717, 1.165) is 34.2 Å². The fourth-order valence-corrected chi connectivity index (χ4v) is 4.16. The van der Waals surface area contributed by atoms with Crippen molar-refractivity contribution in [3.8, 4) is 5.75 Å². The number of aryl methyl sites for hydroxylation is 1. The van der Waals surface area contributed by atoms with E-state index in [9.17, 15) is 4.79 Å². The van der Waals surface area contributed by atoms with Gasteiger partial charge in [0.15, 0.2) is 5.13 Å². The number of ether oxygens (including phenoxy) is 1. The minimum atomic E-state index is 0.0373. The number of amides is 1. The second kappa shape index (κ2) is 6.95. The number of hydrogen-bond acceptors (Lipinski definition) is 6. The molecule has 136 valence electrons. The summed E-state index contributed by atoms with van der Waals surface area (Å²) in [4.78, 5) is 25.5. The molecular weight excluding hydrogens is 350 g/mol. The van der Waals surface area contributed by atoms with Gasteiger partial charge in [-0.15, -0.1) is 0 Å². The number of carbonyl (C=O) groups is 1. The molecule has 1 amide bonds. The van der Waals surface area contributed by atoms with E-state index < -0.39 is 0 Å². The van der Waals surface area contributed by atoms with Crippen LogP contribution in [0.15, 0.2) is 30.7 Å². The van der Waals surface area contributed by atoms with Gasteiger partial charge in [-0.25, -0.2) is 9.97 Å². The highest BCUT2D eigenvalue weighted by molar-refractivity contribution is 7.22. The number of anilines is 1. The maximum Gasteiger partial charge on any atom is 0.272 e. The molecule has 2 aromatic heterocycles. The van der Waals surface area contributed by atoms with Crippen LogP contribution in [-0.2, 0) is 7.05 Å². The number of thiazole rings is 1. The normalized spacial score (nSPS) is 14.8. The van der Waals surface area contributed by atoms with Crippen molar-refractivity contribution >= 4 is 32.6 Å². The summed E-state index contributed by atoms with van der Waals surface area (Å²) in [6, 6.07) is 6.00. The van der Waals surface area contributed by atoms with Crippen LogP contribution in [0, 0.1) is 0 Å². The molecular formula is C18H21N5O2S. The van der Waals surface area contributed by atoms with Gasteiger partial charge in [0.05, 0.1) is 29.3 Å². The largest absolute Gasteiger partial charge is 0.494 e. The fourth-order valence-electron chi connectivity index (χ4n) is 3.11. The number of hydrogen-bond donors (Lipinski definition) is 0. The van der Waals surface area contributed by atoms with Crippen molar-refractivity contribution in [3.05, 3.63) is 36.4 Å². The molecule has 0 bridgehead atoms. The predicted octanol–water partition coefficient (Wildman–Crippen LogP) is 2.39. The molecule has 1 fully saturated rings. The van der Waals surface area contributed by atoms with E-state index in [4.69, 9.17) is 9.72 Å². The van der Waals surface area contributed by atoms with Crippen LogP contribution in [0.5, 0.6) is 5.75 Å². The first kappa shape index (κ1) is 16.8. The minimum Gasteiger partial charge on any atom is -0.494 e. The maximum absolute atomic E-state index is 12.6. The molecule has 0 N–H and O–H groups in total. The molecule has 0 aliphatic carbocycles. The van der Waals surface area contributed by atoms with Gasteiger partial charge in [0.1, 0.15) is 11.4 Å². The molecule has 3 heterocycles. The lowest BCUT2D eigenvalue weighted by molar-refractivity contribution is 0.0737. The summed E-state index contributed by atoms with van der Waals surface area (Å²) >= 11 is 1.67. The van der Waals surface area contributed by atoms with Crippen molar-refractivity contribution in [3.63, 3.8) is 0 Å². The zero-order chi connectivity index (χ0) is 18.1. The van der Waals surface area contributed by atoms with Crippen LogP contribution in [0.4, 0.5) is 5.13 Å². The van der Waals surface area contributed by atoms with Gasteiger partial charge in [0.25, 0.3) is 5.91 Å². The Labute approximate surface area is 155 Å². The molecule has 1 aliphatic rings. The van der Waals surface area contributed by atoms with Gasteiger partial charge < -0.3 is 19.1 Å². The lowest BCUT2D eigenvalue weighted by Gasteiger charge is -2.34. The number of benzene rings is 1. The molecule has 0 unspecified atom stereocenters. The molecule has 8 heteroatoms. The van der Waals surface area contributed by atoms with Gasteiger partial charge >= 0.3 is 0 Å². The SMILES string of the molecule is CCOc1ccc2nc(N3CCN(C(=O)c4cncn4C)CC3)sc2c1. The van der Waals surface area contributed by atoms with Crippen LogP contribution in [0.1, 0.15) is 17.4 Å². The Bertz CT molecular complexity index is 927. The number of rotatable bonds is 4. The highest BCUT2D eigenvalue weighted by Crippen LogP contribution is 2.32. The standard InChI is InChI=1S/C18H21N5O2S/c1-3-25-13-4-5-14-16(10-13)26-18(20-14)23-8-6-22(7-9-23)17(24)15-11-19-12-21(15)2/h4-5,10-12H,3,6-9H2,1-2H3. The molecule has 7 nitrogen and oxygen atoms in total. The Morgan fingerprint density at radius 1 is 1.27 bits per heavy atom. The van der Waals surface area contributed by atoms with E-state index in [1.54, 1.807) is 28.4 Å². The van der Waals surface area contributed by atoms with Crippen LogP contribution in [0.2, 0.25) is 0 Å². The Hall–Kier alpha value is -2.61. The van der Waals surface area contributed by atoms with E-state index in [2.05, 4.69) is 9.88 Å². The third-order valence-electron chi connectivity index (χ3n) is 4.53. The first-order valence-corrected chi connectivity index (χ1v) is 9.51. The van der Waals surface area contributed by atoms with Gasteiger partial charge in [-0.2, -0.15) is 0 Å². The van der Waals surface area contributed by atoms with Gasteiger partial charge in [-0.05, 0) is 25.1 Å². The fraction of sp³-hybridized carbons (Fsp3) is 0.389. The van der Waals surface area contributed by atoms with Crippen LogP contribution in [-0.4, -0.2) is 58.1 Å². The molecule has 0 atom stereocenters. The van der Waals surface area contributed by atoms with Crippen molar-refractivity contribution in [1.82, 2.24) is 19.4 Å². The van der Waals surface area contributed by atoms with Crippen molar-refractivity contribution in [1.29, 1.82) is 0 Å². The Kier molecular flexibility index (Phi) is 4.50.